The Bertz CT molecular complexity index is 770. The number of para-hydroxylation sites is 1. The van der Waals surface area contributed by atoms with E-state index in [0.717, 1.165) is 24.9 Å². The maximum Gasteiger partial charge on any atom is 0.178 e. The number of rotatable bonds is 5. The van der Waals surface area contributed by atoms with Gasteiger partial charge in [-0.25, -0.2) is 8.42 Å². The summed E-state index contributed by atoms with van der Waals surface area (Å²) in [6.07, 6.45) is 3.37. The highest BCUT2D eigenvalue weighted by Gasteiger charge is 2.15. The number of hydrogen-bond donors (Lipinski definition) is 1. The Kier molecular flexibility index (Phi) is 4.34. The molecule has 0 aliphatic rings. The van der Waals surface area contributed by atoms with Crippen LogP contribution in [-0.2, 0) is 16.4 Å². The van der Waals surface area contributed by atoms with E-state index in [0.29, 0.717) is 21.1 Å². The molecule has 0 amide bonds. The molecule has 2 rings (SSSR count). The number of imidazole rings is 1. The predicted octanol–water partition coefficient (Wildman–Crippen LogP) is 3.54. The van der Waals surface area contributed by atoms with Gasteiger partial charge >= 0.3 is 0 Å². The van der Waals surface area contributed by atoms with Crippen LogP contribution in [0.25, 0.3) is 11.0 Å². The summed E-state index contributed by atoms with van der Waals surface area (Å²) >= 11 is 5.33. The van der Waals surface area contributed by atoms with Crippen LogP contribution in [0.3, 0.4) is 0 Å². The van der Waals surface area contributed by atoms with E-state index in [2.05, 4.69) is 18.8 Å². The van der Waals surface area contributed by atoms with E-state index in [4.69, 9.17) is 12.2 Å². The highest BCUT2D eigenvalue weighted by molar-refractivity contribution is 7.91. The molecule has 0 atom stereocenters. The van der Waals surface area contributed by atoms with Gasteiger partial charge in [0.2, 0.25) is 0 Å². The fraction of sp³-hybridized carbons (Fsp3) is 0.500. The van der Waals surface area contributed by atoms with Gasteiger partial charge in [0.15, 0.2) is 14.6 Å². The van der Waals surface area contributed by atoms with Gasteiger partial charge in [-0.3, -0.25) is 0 Å². The van der Waals surface area contributed by atoms with Crippen molar-refractivity contribution >= 4 is 33.1 Å². The molecule has 1 aromatic carbocycles. The number of aromatic amines is 1. The van der Waals surface area contributed by atoms with Gasteiger partial charge in [0, 0.05) is 12.8 Å². The number of hydrogen-bond acceptors (Lipinski definition) is 3. The predicted molar refractivity (Wildman–Crippen MR) is 84.3 cm³/mol. The average molecular weight is 312 g/mol. The Labute approximate surface area is 124 Å². The molecule has 1 N–H and O–H groups in total. The number of nitrogens with one attached hydrogen (secondary N) is 1. The number of fused-ring (bicyclic) bond motifs is 1. The lowest BCUT2D eigenvalue weighted by Crippen LogP contribution is -2.01. The second-order valence-electron chi connectivity index (χ2n) is 5.54. The lowest BCUT2D eigenvalue weighted by molar-refractivity contribution is 0.515. The van der Waals surface area contributed by atoms with Crippen LogP contribution >= 0.6 is 12.2 Å². The average Bonchev–Trinajstić information content (AvgIpc) is 2.64. The third kappa shape index (κ3) is 3.12. The molecule has 0 radical (unpaired) electrons. The van der Waals surface area contributed by atoms with E-state index >= 15 is 0 Å². The maximum atomic E-state index is 11.8. The van der Waals surface area contributed by atoms with E-state index in [-0.39, 0.29) is 0 Å². The standard InChI is InChI=1S/C14H20N2O2S2/c1-10(2)6-5-9-16-11-7-4-8-12(20(3,17)18)13(11)15-14(16)19/h4,7-8,10H,5-6,9H2,1-3H3,(H,15,19). The smallest absolute Gasteiger partial charge is 0.178 e. The van der Waals surface area contributed by atoms with E-state index in [1.165, 1.54) is 6.26 Å². The molecular formula is C14H20N2O2S2. The molecule has 4 nitrogen and oxygen atoms in total. The first-order valence-corrected chi connectivity index (χ1v) is 9.02. The summed E-state index contributed by atoms with van der Waals surface area (Å²) in [5, 5.41) is 0. The molecule has 0 saturated carbocycles. The molecule has 0 saturated heterocycles. The van der Waals surface area contributed by atoms with Gasteiger partial charge in [-0.15, -0.1) is 0 Å². The van der Waals surface area contributed by atoms with Gasteiger partial charge in [0.05, 0.1) is 15.9 Å². The lowest BCUT2D eigenvalue weighted by atomic mass is 10.1. The molecule has 0 bridgehead atoms. The van der Waals surface area contributed by atoms with Gasteiger partial charge < -0.3 is 9.55 Å². The molecule has 1 heterocycles. The third-order valence-corrected chi connectivity index (χ3v) is 4.80. The monoisotopic (exact) mass is 312 g/mol. The fourth-order valence-electron chi connectivity index (χ4n) is 2.34. The second kappa shape index (κ2) is 5.69. The molecule has 0 spiro atoms. The maximum absolute atomic E-state index is 11.8. The summed E-state index contributed by atoms with van der Waals surface area (Å²) in [6, 6.07) is 5.29. The molecule has 20 heavy (non-hydrogen) atoms. The van der Waals surface area contributed by atoms with Gasteiger partial charge in [-0.2, -0.15) is 0 Å². The number of sulfone groups is 1. The summed E-state index contributed by atoms with van der Waals surface area (Å²) in [4.78, 5) is 3.35. The Hall–Kier alpha value is -1.14. The van der Waals surface area contributed by atoms with Crippen molar-refractivity contribution in [3.8, 4) is 0 Å². The number of benzene rings is 1. The first-order valence-electron chi connectivity index (χ1n) is 6.72. The van der Waals surface area contributed by atoms with Gasteiger partial charge in [0.25, 0.3) is 0 Å². The first kappa shape index (κ1) is 15.3. The zero-order valence-electron chi connectivity index (χ0n) is 12.0. The SMILES string of the molecule is CC(C)CCCn1c(=S)[nH]c2c(S(C)(=O)=O)cccc21. The van der Waals surface area contributed by atoms with E-state index < -0.39 is 9.84 Å². The van der Waals surface area contributed by atoms with Gasteiger partial charge in [-0.1, -0.05) is 19.9 Å². The number of nitrogens with zero attached hydrogens (tertiary/aromatic N) is 1. The van der Waals surface area contributed by atoms with Crippen molar-refractivity contribution in [2.24, 2.45) is 5.92 Å². The summed E-state index contributed by atoms with van der Waals surface area (Å²) in [5.74, 6) is 0.654. The van der Waals surface area contributed by atoms with Crippen molar-refractivity contribution in [2.75, 3.05) is 6.26 Å². The zero-order chi connectivity index (χ0) is 14.9. The molecule has 0 unspecified atom stereocenters. The van der Waals surface area contributed by atoms with E-state index in [1.54, 1.807) is 12.1 Å². The van der Waals surface area contributed by atoms with Crippen LogP contribution in [0.15, 0.2) is 23.1 Å². The normalized spacial score (nSPS) is 12.4. The largest absolute Gasteiger partial charge is 0.329 e. The second-order valence-corrected chi connectivity index (χ2v) is 7.91. The van der Waals surface area contributed by atoms with Crippen LogP contribution < -0.4 is 0 Å². The van der Waals surface area contributed by atoms with Crippen molar-refractivity contribution < 1.29 is 8.42 Å². The Balaban J connectivity index is 2.48. The van der Waals surface area contributed by atoms with Crippen LogP contribution in [0, 0.1) is 10.7 Å². The van der Waals surface area contributed by atoms with Crippen molar-refractivity contribution in [1.29, 1.82) is 0 Å². The van der Waals surface area contributed by atoms with E-state index in [1.807, 2.05) is 10.6 Å². The lowest BCUT2D eigenvalue weighted by Gasteiger charge is -2.07. The minimum atomic E-state index is -3.26. The van der Waals surface area contributed by atoms with Crippen molar-refractivity contribution in [3.63, 3.8) is 0 Å². The van der Waals surface area contributed by atoms with Crippen LogP contribution in [-0.4, -0.2) is 24.2 Å². The molecule has 1 aromatic heterocycles. The molecule has 0 aliphatic carbocycles. The topological polar surface area (TPSA) is 54.9 Å². The molecule has 110 valence electrons. The first-order chi connectivity index (χ1) is 9.30. The molecule has 6 heteroatoms. The minimum Gasteiger partial charge on any atom is -0.329 e. The van der Waals surface area contributed by atoms with Crippen LogP contribution in [0.1, 0.15) is 26.7 Å². The molecule has 2 aromatic rings. The van der Waals surface area contributed by atoms with Crippen molar-refractivity contribution in [1.82, 2.24) is 9.55 Å². The van der Waals surface area contributed by atoms with Crippen molar-refractivity contribution in [2.45, 2.75) is 38.1 Å². The summed E-state index contributed by atoms with van der Waals surface area (Å²) in [7, 11) is -3.26. The quantitative estimate of drug-likeness (QED) is 0.859. The number of aryl methyl sites for hydroxylation is 1. The van der Waals surface area contributed by atoms with Crippen molar-refractivity contribution in [3.05, 3.63) is 23.0 Å². The van der Waals surface area contributed by atoms with Crippen LogP contribution in [0.2, 0.25) is 0 Å². The van der Waals surface area contributed by atoms with Crippen LogP contribution in [0.5, 0.6) is 0 Å². The summed E-state index contributed by atoms with van der Waals surface area (Å²) < 4.78 is 26.2. The minimum absolute atomic E-state index is 0.309. The summed E-state index contributed by atoms with van der Waals surface area (Å²) in [6.45, 7) is 5.19. The zero-order valence-corrected chi connectivity index (χ0v) is 13.6. The van der Waals surface area contributed by atoms with E-state index in [9.17, 15) is 8.42 Å². The molecular weight excluding hydrogens is 292 g/mol. The molecule has 0 fully saturated rings. The van der Waals surface area contributed by atoms with Gasteiger partial charge in [-0.05, 0) is 43.1 Å². The number of aromatic nitrogens is 2. The Morgan fingerprint density at radius 2 is 2.05 bits per heavy atom. The fourth-order valence-corrected chi connectivity index (χ4v) is 3.49. The third-order valence-electron chi connectivity index (χ3n) is 3.33. The summed E-state index contributed by atoms with van der Waals surface area (Å²) in [5.41, 5.74) is 1.48. The highest BCUT2D eigenvalue weighted by Crippen LogP contribution is 2.23. The Morgan fingerprint density at radius 1 is 1.35 bits per heavy atom. The van der Waals surface area contributed by atoms with Gasteiger partial charge in [0.1, 0.15) is 0 Å². The Morgan fingerprint density at radius 3 is 2.65 bits per heavy atom. The number of H-pyrrole nitrogens is 1. The molecule has 0 aliphatic heterocycles. The highest BCUT2D eigenvalue weighted by atomic mass is 32.2. The van der Waals surface area contributed by atoms with Crippen LogP contribution in [0.4, 0.5) is 0 Å².